The van der Waals surface area contributed by atoms with Crippen LogP contribution in [0.1, 0.15) is 5.56 Å². The number of hydrogen-bond acceptors (Lipinski definition) is 4. The summed E-state index contributed by atoms with van der Waals surface area (Å²) in [6.45, 7) is 0. The molecule has 156 valence electrons. The normalized spacial score (nSPS) is 13.7. The molecule has 0 spiro atoms. The number of anilines is 2. The third-order valence-electron chi connectivity index (χ3n) is 4.73. The van der Waals surface area contributed by atoms with Crippen LogP contribution in [0.5, 0.6) is 5.75 Å². The maximum absolute atomic E-state index is 14.4. The van der Waals surface area contributed by atoms with Gasteiger partial charge in [0.1, 0.15) is 17.3 Å². The highest BCUT2D eigenvalue weighted by atomic mass is 35.5. The predicted octanol–water partition coefficient (Wildman–Crippen LogP) is 5.54. The number of nitrogens with one attached hydrogen (secondary N) is 1. The quantitative estimate of drug-likeness (QED) is 0.512. The second kappa shape index (κ2) is 8.41. The van der Waals surface area contributed by atoms with Crippen molar-refractivity contribution in [3.8, 4) is 5.75 Å². The van der Waals surface area contributed by atoms with Crippen LogP contribution < -0.4 is 15.0 Å². The molecule has 0 unspecified atom stereocenters. The zero-order valence-corrected chi connectivity index (χ0v) is 17.7. The molecule has 31 heavy (non-hydrogen) atoms. The molecule has 0 aliphatic carbocycles. The predicted molar refractivity (Wildman–Crippen MR) is 119 cm³/mol. The first-order valence-corrected chi connectivity index (χ1v) is 9.90. The summed E-state index contributed by atoms with van der Waals surface area (Å²) in [5, 5.41) is 3.77. The van der Waals surface area contributed by atoms with Crippen LogP contribution in [0.15, 0.2) is 72.4 Å². The van der Waals surface area contributed by atoms with Gasteiger partial charge in [-0.1, -0.05) is 47.5 Å². The maximum Gasteiger partial charge on any atom is 0.282 e. The van der Waals surface area contributed by atoms with E-state index in [1.165, 1.54) is 25.3 Å². The van der Waals surface area contributed by atoms with E-state index in [-0.39, 0.29) is 17.0 Å². The average molecular weight is 457 g/mol. The first kappa shape index (κ1) is 20.9. The van der Waals surface area contributed by atoms with Gasteiger partial charge < -0.3 is 10.1 Å². The van der Waals surface area contributed by atoms with Crippen LogP contribution in [-0.4, -0.2) is 18.9 Å². The zero-order chi connectivity index (χ0) is 22.1. The molecule has 3 aromatic carbocycles. The molecule has 3 aromatic rings. The van der Waals surface area contributed by atoms with Gasteiger partial charge in [0.2, 0.25) is 0 Å². The van der Waals surface area contributed by atoms with Gasteiger partial charge in [0, 0.05) is 10.7 Å². The van der Waals surface area contributed by atoms with Gasteiger partial charge in [-0.3, -0.25) is 9.59 Å². The molecule has 2 amide bonds. The number of ether oxygens (including phenoxy) is 1. The Morgan fingerprint density at radius 2 is 1.65 bits per heavy atom. The Balaban J connectivity index is 1.83. The molecule has 0 fully saturated rings. The molecule has 0 radical (unpaired) electrons. The molecule has 0 saturated carbocycles. The highest BCUT2D eigenvalue weighted by molar-refractivity contribution is 6.46. The van der Waals surface area contributed by atoms with E-state index in [1.54, 1.807) is 48.5 Å². The number of carbonyl (C=O) groups is 2. The summed E-state index contributed by atoms with van der Waals surface area (Å²) in [6.07, 6.45) is 0. The van der Waals surface area contributed by atoms with Crippen LogP contribution in [0.25, 0.3) is 5.57 Å². The fraction of sp³-hybridized carbons (Fsp3) is 0.0435. The van der Waals surface area contributed by atoms with E-state index in [4.69, 9.17) is 27.9 Å². The number of para-hydroxylation sites is 1. The van der Waals surface area contributed by atoms with E-state index < -0.39 is 17.6 Å². The molecule has 0 saturated heterocycles. The second-order valence-electron chi connectivity index (χ2n) is 6.63. The molecule has 0 atom stereocenters. The van der Waals surface area contributed by atoms with Crippen molar-refractivity contribution in [3.63, 3.8) is 0 Å². The average Bonchev–Trinajstić information content (AvgIpc) is 2.99. The number of benzene rings is 3. The lowest BCUT2D eigenvalue weighted by Crippen LogP contribution is -2.33. The van der Waals surface area contributed by atoms with Crippen LogP contribution >= 0.6 is 23.2 Å². The summed E-state index contributed by atoms with van der Waals surface area (Å²) in [7, 11) is 1.49. The molecule has 1 aliphatic heterocycles. The lowest BCUT2D eigenvalue weighted by atomic mass is 10.0. The lowest BCUT2D eigenvalue weighted by Gasteiger charge is -2.16. The van der Waals surface area contributed by atoms with Crippen molar-refractivity contribution < 1.29 is 18.7 Å². The largest absolute Gasteiger partial charge is 0.495 e. The van der Waals surface area contributed by atoms with Crippen molar-refractivity contribution >= 4 is 52.0 Å². The molecule has 1 aliphatic rings. The van der Waals surface area contributed by atoms with Gasteiger partial charge in [-0.05, 0) is 48.0 Å². The fourth-order valence-electron chi connectivity index (χ4n) is 3.27. The fourth-order valence-corrected chi connectivity index (χ4v) is 3.65. The summed E-state index contributed by atoms with van der Waals surface area (Å²) >= 11 is 12.2. The van der Waals surface area contributed by atoms with Crippen LogP contribution in [-0.2, 0) is 9.59 Å². The minimum absolute atomic E-state index is 0.00295. The summed E-state index contributed by atoms with van der Waals surface area (Å²) in [6, 6.07) is 16.9. The number of methoxy groups -OCH3 is 1. The standard InChI is InChI=1S/C23H15Cl2FN2O3/c1-31-19-11-10-15(12-16(19)25)27-21-20(13-6-8-14(24)9-7-13)22(29)28(23(21)30)18-5-3-2-4-17(18)26/h2-12,27H,1H3. The minimum Gasteiger partial charge on any atom is -0.495 e. The number of carbonyl (C=O) groups excluding carboxylic acids is 2. The van der Waals surface area contributed by atoms with Gasteiger partial charge in [-0.25, -0.2) is 9.29 Å². The van der Waals surface area contributed by atoms with Crippen molar-refractivity contribution in [3.05, 3.63) is 93.9 Å². The Morgan fingerprint density at radius 3 is 2.29 bits per heavy atom. The van der Waals surface area contributed by atoms with Crippen LogP contribution in [0.3, 0.4) is 0 Å². The molecular weight excluding hydrogens is 442 g/mol. The number of halogens is 3. The van der Waals surface area contributed by atoms with Gasteiger partial charge in [-0.2, -0.15) is 0 Å². The Kier molecular flexibility index (Phi) is 5.67. The Bertz CT molecular complexity index is 1230. The van der Waals surface area contributed by atoms with Crippen molar-refractivity contribution in [2.45, 2.75) is 0 Å². The highest BCUT2D eigenvalue weighted by Gasteiger charge is 2.41. The third-order valence-corrected chi connectivity index (χ3v) is 5.28. The highest BCUT2D eigenvalue weighted by Crippen LogP contribution is 2.36. The summed E-state index contributed by atoms with van der Waals surface area (Å²) in [5.74, 6) is -1.57. The van der Waals surface area contributed by atoms with Gasteiger partial charge in [0.05, 0.1) is 23.4 Å². The third kappa shape index (κ3) is 3.87. The van der Waals surface area contributed by atoms with Crippen LogP contribution in [0.4, 0.5) is 15.8 Å². The topological polar surface area (TPSA) is 58.6 Å². The molecule has 8 heteroatoms. The van der Waals surface area contributed by atoms with Gasteiger partial charge in [-0.15, -0.1) is 0 Å². The van der Waals surface area contributed by atoms with Gasteiger partial charge >= 0.3 is 0 Å². The Hall–Kier alpha value is -3.35. The van der Waals surface area contributed by atoms with Crippen molar-refractivity contribution in [1.82, 2.24) is 0 Å². The smallest absolute Gasteiger partial charge is 0.282 e. The van der Waals surface area contributed by atoms with Crippen LogP contribution in [0.2, 0.25) is 10.0 Å². The van der Waals surface area contributed by atoms with Crippen molar-refractivity contribution in [1.29, 1.82) is 0 Å². The monoisotopic (exact) mass is 456 g/mol. The van der Waals surface area contributed by atoms with E-state index in [9.17, 15) is 14.0 Å². The first-order valence-electron chi connectivity index (χ1n) is 9.15. The molecule has 1 heterocycles. The molecule has 5 nitrogen and oxygen atoms in total. The summed E-state index contributed by atoms with van der Waals surface area (Å²) in [5.41, 5.74) is 0.884. The second-order valence-corrected chi connectivity index (χ2v) is 7.47. The SMILES string of the molecule is COc1ccc(NC2=C(c3ccc(Cl)cc3)C(=O)N(c3ccccc3F)C2=O)cc1Cl. The molecule has 1 N–H and O–H groups in total. The molecule has 4 rings (SSSR count). The lowest BCUT2D eigenvalue weighted by molar-refractivity contribution is -0.120. The van der Waals surface area contributed by atoms with Gasteiger partial charge in [0.15, 0.2) is 0 Å². The molecular formula is C23H15Cl2FN2O3. The Labute approximate surface area is 187 Å². The summed E-state index contributed by atoms with van der Waals surface area (Å²) < 4.78 is 19.6. The number of nitrogens with zero attached hydrogens (tertiary/aromatic N) is 1. The number of rotatable bonds is 5. The van der Waals surface area contributed by atoms with Crippen LogP contribution in [0, 0.1) is 5.82 Å². The Morgan fingerprint density at radius 1 is 0.935 bits per heavy atom. The van der Waals surface area contributed by atoms with Gasteiger partial charge in [0.25, 0.3) is 11.8 Å². The number of imide groups is 1. The molecule has 0 aromatic heterocycles. The number of amides is 2. The van der Waals surface area contributed by atoms with E-state index in [0.717, 1.165) is 4.90 Å². The van der Waals surface area contributed by atoms with E-state index in [1.807, 2.05) is 0 Å². The first-order chi connectivity index (χ1) is 14.9. The van der Waals surface area contributed by atoms with Crippen molar-refractivity contribution in [2.24, 2.45) is 0 Å². The molecule has 0 bridgehead atoms. The van der Waals surface area contributed by atoms with E-state index in [0.29, 0.717) is 27.0 Å². The maximum atomic E-state index is 14.4. The van der Waals surface area contributed by atoms with Crippen molar-refractivity contribution in [2.75, 3.05) is 17.3 Å². The minimum atomic E-state index is -0.688. The zero-order valence-electron chi connectivity index (χ0n) is 16.2. The van der Waals surface area contributed by atoms with E-state index >= 15 is 0 Å². The number of hydrogen-bond donors (Lipinski definition) is 1. The summed E-state index contributed by atoms with van der Waals surface area (Å²) in [4.78, 5) is 27.4. The van der Waals surface area contributed by atoms with E-state index in [2.05, 4.69) is 5.32 Å².